The van der Waals surface area contributed by atoms with Crippen molar-refractivity contribution in [2.75, 3.05) is 13.1 Å². The fourth-order valence-corrected chi connectivity index (χ4v) is 2.34. The summed E-state index contributed by atoms with van der Waals surface area (Å²) in [5.41, 5.74) is 0.0688. The molecule has 0 amide bonds. The molecule has 2 rings (SSSR count). The summed E-state index contributed by atoms with van der Waals surface area (Å²) in [5, 5.41) is 3.50. The van der Waals surface area contributed by atoms with Gasteiger partial charge in [-0.1, -0.05) is 19.9 Å². The number of hydrogen-bond donors (Lipinski definition) is 1. The van der Waals surface area contributed by atoms with Crippen LogP contribution in [0, 0.1) is 9.49 Å². The molecule has 3 heteroatoms. The number of halogens is 1. The quantitative estimate of drug-likeness (QED) is 0.798. The lowest BCUT2D eigenvalue weighted by Gasteiger charge is -2.19. The molecule has 1 N–H and O–H groups in total. The topological polar surface area (TPSA) is 21.3 Å². The average Bonchev–Trinajstić information content (AvgIpc) is 2.97. The van der Waals surface area contributed by atoms with E-state index in [4.69, 9.17) is 4.74 Å². The molecule has 0 bridgehead atoms. The zero-order valence-corrected chi connectivity index (χ0v) is 12.7. The Hall–Kier alpha value is -0.290. The van der Waals surface area contributed by atoms with Crippen LogP contribution in [0.15, 0.2) is 24.3 Å². The van der Waals surface area contributed by atoms with Crippen LogP contribution in [0.5, 0.6) is 5.75 Å². The molecule has 0 spiro atoms. The van der Waals surface area contributed by atoms with E-state index in [1.807, 2.05) is 6.07 Å². The van der Waals surface area contributed by atoms with E-state index in [1.165, 1.54) is 16.4 Å². The van der Waals surface area contributed by atoms with Crippen LogP contribution >= 0.6 is 22.6 Å². The van der Waals surface area contributed by atoms with Gasteiger partial charge >= 0.3 is 0 Å². The number of hydrogen-bond acceptors (Lipinski definition) is 2. The lowest BCUT2D eigenvalue weighted by Crippen LogP contribution is -2.35. The van der Waals surface area contributed by atoms with Crippen LogP contribution in [0.2, 0.25) is 0 Å². The van der Waals surface area contributed by atoms with Crippen molar-refractivity contribution in [1.29, 1.82) is 0 Å². The summed E-state index contributed by atoms with van der Waals surface area (Å²) >= 11 is 2.32. The molecular formula is C14H20INO. The molecule has 0 saturated heterocycles. The van der Waals surface area contributed by atoms with Gasteiger partial charge in [0.05, 0.1) is 0 Å². The molecule has 94 valence electrons. The molecule has 1 fully saturated rings. The summed E-state index contributed by atoms with van der Waals surface area (Å²) in [7, 11) is 0. The van der Waals surface area contributed by atoms with E-state index in [2.05, 4.69) is 60.0 Å². The average molecular weight is 345 g/mol. The molecule has 0 unspecified atom stereocenters. The van der Waals surface area contributed by atoms with E-state index < -0.39 is 0 Å². The van der Waals surface area contributed by atoms with Crippen molar-refractivity contribution in [2.24, 2.45) is 5.92 Å². The molecule has 0 atom stereocenters. The van der Waals surface area contributed by atoms with Crippen molar-refractivity contribution in [3.8, 4) is 5.75 Å². The van der Waals surface area contributed by atoms with Crippen molar-refractivity contribution in [1.82, 2.24) is 5.32 Å². The molecule has 0 aliphatic heterocycles. The summed E-state index contributed by atoms with van der Waals surface area (Å²) in [4.78, 5) is 0. The predicted molar refractivity (Wildman–Crippen MR) is 79.5 cm³/mol. The van der Waals surface area contributed by atoms with Crippen molar-refractivity contribution in [2.45, 2.75) is 32.3 Å². The minimum absolute atomic E-state index is 0.0688. The van der Waals surface area contributed by atoms with Crippen molar-refractivity contribution < 1.29 is 4.74 Å². The van der Waals surface area contributed by atoms with Gasteiger partial charge in [0.1, 0.15) is 11.4 Å². The first kappa shape index (κ1) is 13.1. The first-order valence-electron chi connectivity index (χ1n) is 6.25. The fourth-order valence-electron chi connectivity index (χ4n) is 1.82. The van der Waals surface area contributed by atoms with E-state index in [1.54, 1.807) is 0 Å². The van der Waals surface area contributed by atoms with Gasteiger partial charge in [-0.25, -0.2) is 0 Å². The molecule has 1 aliphatic carbocycles. The monoisotopic (exact) mass is 345 g/mol. The molecule has 17 heavy (non-hydrogen) atoms. The van der Waals surface area contributed by atoms with E-state index in [0.29, 0.717) is 5.92 Å². The zero-order valence-electron chi connectivity index (χ0n) is 10.5. The summed E-state index contributed by atoms with van der Waals surface area (Å²) in [5.74, 6) is 1.70. The maximum absolute atomic E-state index is 6.11. The van der Waals surface area contributed by atoms with Crippen molar-refractivity contribution in [3.05, 3.63) is 27.8 Å². The van der Waals surface area contributed by atoms with Gasteiger partial charge < -0.3 is 10.1 Å². The Balaban J connectivity index is 1.85. The van der Waals surface area contributed by atoms with Crippen LogP contribution in [0.3, 0.4) is 0 Å². The van der Waals surface area contributed by atoms with Gasteiger partial charge in [0.2, 0.25) is 0 Å². The summed E-state index contributed by atoms with van der Waals surface area (Å²) < 4.78 is 7.34. The Morgan fingerprint density at radius 1 is 1.41 bits per heavy atom. The van der Waals surface area contributed by atoms with Gasteiger partial charge in [0, 0.05) is 10.1 Å². The molecule has 1 aromatic rings. The summed E-state index contributed by atoms with van der Waals surface area (Å²) in [6, 6.07) is 8.28. The lowest BCUT2D eigenvalue weighted by molar-refractivity contribution is 0.174. The van der Waals surface area contributed by atoms with Gasteiger partial charge in [-0.15, -0.1) is 0 Å². The number of nitrogens with one attached hydrogen (secondary N) is 1. The van der Waals surface area contributed by atoms with Gasteiger partial charge in [0.25, 0.3) is 0 Å². The first-order valence-corrected chi connectivity index (χ1v) is 7.33. The highest BCUT2D eigenvalue weighted by atomic mass is 127. The Bertz CT molecular complexity index is 374. The van der Waals surface area contributed by atoms with Gasteiger partial charge in [-0.3, -0.25) is 0 Å². The largest absolute Gasteiger partial charge is 0.486 e. The molecule has 1 saturated carbocycles. The van der Waals surface area contributed by atoms with Crippen molar-refractivity contribution >= 4 is 22.6 Å². The third-order valence-corrected chi connectivity index (χ3v) is 3.61. The first-order chi connectivity index (χ1) is 8.10. The molecule has 0 heterocycles. The van der Waals surface area contributed by atoms with Gasteiger partial charge in [-0.05, 0) is 66.1 Å². The third-order valence-electron chi connectivity index (χ3n) is 2.94. The zero-order chi connectivity index (χ0) is 12.3. The van der Waals surface area contributed by atoms with E-state index in [9.17, 15) is 0 Å². The minimum atomic E-state index is 0.0688. The highest BCUT2D eigenvalue weighted by Gasteiger charge is 2.45. The molecule has 1 aromatic carbocycles. The second-order valence-corrected chi connectivity index (χ2v) is 6.51. The normalized spacial score (nSPS) is 17.2. The van der Waals surface area contributed by atoms with Crippen LogP contribution in [-0.4, -0.2) is 18.7 Å². The van der Waals surface area contributed by atoms with Crippen molar-refractivity contribution in [3.63, 3.8) is 0 Å². The molecule has 0 radical (unpaired) electrons. The Labute approximate surface area is 117 Å². The number of ether oxygens (including phenoxy) is 1. The molecule has 2 nitrogen and oxygen atoms in total. The van der Waals surface area contributed by atoms with Crippen LogP contribution in [0.25, 0.3) is 0 Å². The third kappa shape index (κ3) is 4.14. The molecule has 0 aromatic heterocycles. The standard InChI is InChI=1S/C14H20INO/c1-11(2)9-16-10-14(6-7-14)17-13-5-3-4-12(15)8-13/h3-5,8,11,16H,6-7,9-10H2,1-2H3. The highest BCUT2D eigenvalue weighted by Crippen LogP contribution is 2.39. The van der Waals surface area contributed by atoms with Crippen LogP contribution in [-0.2, 0) is 0 Å². The number of benzene rings is 1. The Morgan fingerprint density at radius 3 is 2.76 bits per heavy atom. The highest BCUT2D eigenvalue weighted by molar-refractivity contribution is 14.1. The Kier molecular flexibility index (Phi) is 4.31. The summed E-state index contributed by atoms with van der Waals surface area (Å²) in [6.07, 6.45) is 2.34. The van der Waals surface area contributed by atoms with Gasteiger partial charge in [0.15, 0.2) is 0 Å². The van der Waals surface area contributed by atoms with Gasteiger partial charge in [-0.2, -0.15) is 0 Å². The van der Waals surface area contributed by atoms with E-state index >= 15 is 0 Å². The van der Waals surface area contributed by atoms with Crippen LogP contribution in [0.4, 0.5) is 0 Å². The van der Waals surface area contributed by atoms with Crippen LogP contribution in [0.1, 0.15) is 26.7 Å². The van der Waals surface area contributed by atoms with E-state index in [-0.39, 0.29) is 5.60 Å². The maximum atomic E-state index is 6.11. The fraction of sp³-hybridized carbons (Fsp3) is 0.571. The smallest absolute Gasteiger partial charge is 0.122 e. The van der Waals surface area contributed by atoms with Crippen LogP contribution < -0.4 is 10.1 Å². The summed E-state index contributed by atoms with van der Waals surface area (Å²) in [6.45, 7) is 6.49. The van der Waals surface area contributed by atoms with E-state index in [0.717, 1.165) is 18.8 Å². The number of rotatable bonds is 6. The molecular weight excluding hydrogens is 325 g/mol. The molecule has 1 aliphatic rings. The minimum Gasteiger partial charge on any atom is -0.486 e. The lowest BCUT2D eigenvalue weighted by atomic mass is 10.2. The Morgan fingerprint density at radius 2 is 2.18 bits per heavy atom. The second-order valence-electron chi connectivity index (χ2n) is 5.27. The maximum Gasteiger partial charge on any atom is 0.122 e. The predicted octanol–water partition coefficient (Wildman–Crippen LogP) is 3.45. The second kappa shape index (κ2) is 5.57. The SMILES string of the molecule is CC(C)CNCC1(Oc2cccc(I)c2)CC1.